The molecular weight excluding hydrogens is 595 g/mol. The van der Waals surface area contributed by atoms with E-state index in [2.05, 4.69) is 105 Å². The standard InChI is InChI=1S/C12H30O2Si3.C7H18O3Si3.C4H9.CH4.Li.V.2H/c1-9-11-12-17(8,10-2)14-16(6,7)13-15(3,4)5;1-7-13(6)9-11(2,3)8-12(4,5)10-13;1-3-4-2;;;;;/h10H,2,9,11-12H2,1,3-8H3;7H,1H2,2-6H3;1,3-4H2,2H3;1H4;;;;/q;;-1;;+1;;;/i;;;;;;2*1+1. The molecule has 1 fully saturated rings. The molecule has 0 saturated carbocycles. The molecule has 1 aliphatic rings. The molecule has 1 heterocycles. The van der Waals surface area contributed by atoms with E-state index in [0.29, 0.717) is 0 Å². The summed E-state index contributed by atoms with van der Waals surface area (Å²) in [6.45, 7) is 39.3. The summed E-state index contributed by atoms with van der Waals surface area (Å²) < 4.78 is 42.3. The van der Waals surface area contributed by atoms with Gasteiger partial charge in [0.1, 0.15) is 0 Å². The van der Waals surface area contributed by atoms with Crippen LogP contribution in [0.5, 0.6) is 0 Å². The molecular formula is C24H63LiO5Si6V. The van der Waals surface area contributed by atoms with Gasteiger partial charge in [0.05, 0.1) is 0 Å². The van der Waals surface area contributed by atoms with Crippen LogP contribution in [-0.2, 0) is 38.8 Å². The molecule has 5 nitrogen and oxygen atoms in total. The van der Waals surface area contributed by atoms with Gasteiger partial charge in [-0.05, 0) is 78.1 Å². The van der Waals surface area contributed by atoms with Crippen LogP contribution in [0.1, 0.15) is 47.0 Å². The Balaban J connectivity index is -0.000000155. The molecule has 219 valence electrons. The largest absolute Gasteiger partial charge is 1.00 e. The number of rotatable bonds is 10. The quantitative estimate of drug-likeness (QED) is 0.225. The minimum Gasteiger partial charge on any atom is -0.343 e. The van der Waals surface area contributed by atoms with Crippen LogP contribution in [0.2, 0.25) is 78.1 Å². The van der Waals surface area contributed by atoms with Crippen molar-refractivity contribution in [2.24, 2.45) is 0 Å². The zero-order valence-corrected chi connectivity index (χ0v) is 33.7. The van der Waals surface area contributed by atoms with Crippen molar-refractivity contribution >= 4 is 50.9 Å². The summed E-state index contributed by atoms with van der Waals surface area (Å²) >= 11 is -0.812. The van der Waals surface area contributed by atoms with Gasteiger partial charge in [-0.3, -0.25) is 0 Å². The van der Waals surface area contributed by atoms with E-state index in [4.69, 9.17) is 22.3 Å². The first-order valence-corrected chi connectivity index (χ1v) is 29.6. The maximum Gasteiger partial charge on any atom is 1.00 e. The summed E-state index contributed by atoms with van der Waals surface area (Å²) in [6.07, 6.45) is 4.73. The van der Waals surface area contributed by atoms with Gasteiger partial charge in [0.25, 0.3) is 0 Å². The van der Waals surface area contributed by atoms with Gasteiger partial charge in [-0.15, -0.1) is 13.2 Å². The van der Waals surface area contributed by atoms with Crippen LogP contribution >= 0.6 is 0 Å². The molecule has 1 rings (SSSR count). The smallest absolute Gasteiger partial charge is 0.343 e. The van der Waals surface area contributed by atoms with E-state index in [9.17, 15) is 0 Å². The monoisotopic (exact) mass is 659 g/mol. The molecule has 0 bridgehead atoms. The molecule has 0 N–H and O–H groups in total. The first kappa shape index (κ1) is 43.2. The van der Waals surface area contributed by atoms with Crippen molar-refractivity contribution in [3.05, 3.63) is 31.5 Å². The van der Waals surface area contributed by atoms with Crippen molar-refractivity contribution in [1.29, 1.82) is 1.76 Å². The molecule has 0 aromatic rings. The van der Waals surface area contributed by atoms with Gasteiger partial charge in [-0.2, -0.15) is 6.42 Å². The molecule has 13 heteroatoms. The average molecular weight is 660 g/mol. The van der Waals surface area contributed by atoms with Crippen LogP contribution in [0.3, 0.4) is 0 Å². The topological polar surface area (TPSA) is 46.2 Å². The average Bonchev–Trinajstić information content (AvgIpc) is 2.69. The minimum absolute atomic E-state index is 0. The van der Waals surface area contributed by atoms with Gasteiger partial charge in [0.2, 0.25) is 8.32 Å². The van der Waals surface area contributed by atoms with Crippen LogP contribution in [0, 0.1) is 6.92 Å². The Morgan fingerprint density at radius 1 is 0.892 bits per heavy atom. The van der Waals surface area contributed by atoms with Crippen molar-refractivity contribution in [3.8, 4) is 0 Å². The Morgan fingerprint density at radius 3 is 1.57 bits per heavy atom. The van der Waals surface area contributed by atoms with Gasteiger partial charge in [0.15, 0.2) is 8.32 Å². The maximum absolute atomic E-state index is 6.42. The van der Waals surface area contributed by atoms with Gasteiger partial charge >= 0.3 is 73.1 Å². The fourth-order valence-corrected chi connectivity index (χ4v) is 31.5. The Hall–Kier alpha value is 1.76. The molecule has 0 aliphatic carbocycles. The molecule has 1 atom stereocenters. The molecule has 0 aromatic heterocycles. The summed E-state index contributed by atoms with van der Waals surface area (Å²) in [6, 6.07) is 1.17. The van der Waals surface area contributed by atoms with Crippen LogP contribution < -0.4 is 18.9 Å². The second-order valence-electron chi connectivity index (χ2n) is 11.5. The van der Waals surface area contributed by atoms with E-state index in [1.165, 1.54) is 25.3 Å². The third-order valence-corrected chi connectivity index (χ3v) is 26.9. The zero-order chi connectivity index (χ0) is 30.2. The zero-order valence-electron chi connectivity index (χ0n) is 28.3. The molecule has 1 unspecified atom stereocenters. The van der Waals surface area contributed by atoms with E-state index < -0.39 is 69.1 Å². The second-order valence-corrected chi connectivity index (χ2v) is 34.2. The van der Waals surface area contributed by atoms with Gasteiger partial charge in [-0.25, -0.2) is 0 Å². The molecule has 0 radical (unpaired) electrons. The fraction of sp³-hybridized carbons (Fsp3) is 0.792. The van der Waals surface area contributed by atoms with Gasteiger partial charge < -0.3 is 27.5 Å². The summed E-state index contributed by atoms with van der Waals surface area (Å²) in [5.74, 6) is 0. The molecule has 37 heavy (non-hydrogen) atoms. The van der Waals surface area contributed by atoms with Gasteiger partial charge in [0, 0.05) is 0 Å². The van der Waals surface area contributed by atoms with Crippen LogP contribution in [-0.4, -0.2) is 52.6 Å². The van der Waals surface area contributed by atoms with E-state index in [-0.39, 0.29) is 26.3 Å². The normalized spacial score (nSPS) is 19.3. The molecule has 1 saturated heterocycles. The van der Waals surface area contributed by atoms with E-state index in [1.807, 2.05) is 12.2 Å². The van der Waals surface area contributed by atoms with Crippen molar-refractivity contribution < 1.29 is 57.7 Å². The first-order valence-electron chi connectivity index (χ1n) is 13.6. The van der Waals surface area contributed by atoms with Crippen LogP contribution in [0.15, 0.2) is 24.6 Å². The van der Waals surface area contributed by atoms with Crippen molar-refractivity contribution in [3.63, 3.8) is 0 Å². The summed E-state index contributed by atoms with van der Waals surface area (Å²) in [7, 11) is -11.3. The number of unbranched alkanes of at least 4 members (excludes halogenated alkanes) is 2. The Bertz CT molecular complexity index is 629. The number of hydrogen-bond donors (Lipinski definition) is 0. The van der Waals surface area contributed by atoms with E-state index >= 15 is 0 Å². The van der Waals surface area contributed by atoms with Gasteiger partial charge in [-0.1, -0.05) is 51.9 Å². The molecule has 0 spiro atoms. The van der Waals surface area contributed by atoms with Crippen LogP contribution in [0.4, 0.5) is 0 Å². The minimum atomic E-state index is -2.12. The number of hydrogen-bond acceptors (Lipinski definition) is 5. The predicted octanol–water partition coefficient (Wildman–Crippen LogP) is 5.63. The molecule has 0 aromatic carbocycles. The molecule has 1 aliphatic heterocycles. The third-order valence-electron chi connectivity index (χ3n) is 4.60. The Kier molecular flexibility index (Phi) is 24.1. The molecule has 0 amide bonds. The van der Waals surface area contributed by atoms with E-state index in [1.54, 1.807) is 0 Å². The van der Waals surface area contributed by atoms with Crippen molar-refractivity contribution in [1.82, 2.24) is 0 Å². The summed E-state index contributed by atoms with van der Waals surface area (Å²) in [5.41, 5.74) is 3.92. The van der Waals surface area contributed by atoms with Crippen LogP contribution in [0.25, 0.3) is 0 Å². The SMILES string of the molecule is C.C=C[Si](C)(CCCC)O[Si](C)(C)O[Si](C)(C)C.C=C[Si]1(C)O[Si](C)(C)O[Si](C)(C)O1.[2H][V][2H].[CH2-]CCC.[Li+]. The summed E-state index contributed by atoms with van der Waals surface area (Å²) in [5, 5.41) is 0. The Morgan fingerprint density at radius 2 is 1.30 bits per heavy atom. The third kappa shape index (κ3) is 25.2. The second kappa shape index (κ2) is 20.6. The first-order chi connectivity index (χ1) is 16.5. The van der Waals surface area contributed by atoms with Crippen molar-refractivity contribution in [2.45, 2.75) is 125 Å². The Labute approximate surface area is 265 Å². The summed E-state index contributed by atoms with van der Waals surface area (Å²) in [4.78, 5) is 0. The predicted molar refractivity (Wildman–Crippen MR) is 174 cm³/mol. The fourth-order valence-electron chi connectivity index (χ4n) is 3.76. The maximum atomic E-state index is 6.42. The van der Waals surface area contributed by atoms with Crippen molar-refractivity contribution in [2.75, 3.05) is 0 Å². The van der Waals surface area contributed by atoms with E-state index in [0.717, 1.165) is 6.42 Å².